The second-order valence-corrected chi connectivity index (χ2v) is 7.56. The van der Waals surface area contributed by atoms with E-state index in [9.17, 15) is 39.6 Å². The molecule has 0 fully saturated rings. The Morgan fingerprint density at radius 1 is 0.471 bits per heavy atom. The molecule has 8 heteroatoms. The van der Waals surface area contributed by atoms with Crippen molar-refractivity contribution in [1.29, 1.82) is 0 Å². The highest BCUT2D eigenvalue weighted by Gasteiger charge is 2.17. The van der Waals surface area contributed by atoms with E-state index in [4.69, 9.17) is 0 Å². The maximum atomic E-state index is 11.6. The topological polar surface area (TPSA) is 149 Å². The number of aromatic carboxylic acids is 4. The molecular formula is C26H16O8. The first-order valence-electron chi connectivity index (χ1n) is 9.91. The van der Waals surface area contributed by atoms with E-state index in [-0.39, 0.29) is 22.3 Å². The Labute approximate surface area is 192 Å². The van der Waals surface area contributed by atoms with Gasteiger partial charge in [-0.15, -0.1) is 0 Å². The van der Waals surface area contributed by atoms with Crippen molar-refractivity contribution in [2.45, 2.75) is 0 Å². The van der Waals surface area contributed by atoms with E-state index in [2.05, 4.69) is 0 Å². The van der Waals surface area contributed by atoms with E-state index in [1.165, 1.54) is 24.3 Å². The minimum absolute atomic E-state index is 0.203. The van der Waals surface area contributed by atoms with Gasteiger partial charge in [-0.2, -0.15) is 0 Å². The van der Waals surface area contributed by atoms with Gasteiger partial charge in [0.2, 0.25) is 0 Å². The summed E-state index contributed by atoms with van der Waals surface area (Å²) in [6, 6.07) is 18.1. The summed E-state index contributed by atoms with van der Waals surface area (Å²) in [7, 11) is 0. The van der Waals surface area contributed by atoms with Gasteiger partial charge in [0.05, 0.1) is 22.3 Å². The fourth-order valence-electron chi connectivity index (χ4n) is 3.79. The van der Waals surface area contributed by atoms with Crippen LogP contribution in [0.4, 0.5) is 0 Å². The summed E-state index contributed by atoms with van der Waals surface area (Å²) in [5, 5.41) is 39.2. The zero-order valence-electron chi connectivity index (χ0n) is 17.4. The Morgan fingerprint density at radius 2 is 0.882 bits per heavy atom. The fraction of sp³-hybridized carbons (Fsp3) is 0. The molecule has 0 aliphatic heterocycles. The predicted octanol–water partition coefficient (Wildman–Crippen LogP) is 4.97. The van der Waals surface area contributed by atoms with E-state index >= 15 is 0 Å². The molecule has 0 aliphatic carbocycles. The molecule has 4 rings (SSSR count). The standard InChI is InChI=1S/C26H16O8/c27-23(28)17-6-14(7-18(10-17)24(29)30)15-5-13-3-1-2-4-21(13)22(12-15)16-8-19(25(31)32)11-20(9-16)26(33)34/h1-12H,(H,27,28)(H,29,30)(H,31,32)(H,33,34). The van der Waals surface area contributed by atoms with Gasteiger partial charge in [-0.05, 0) is 81.6 Å². The molecule has 4 aromatic carbocycles. The van der Waals surface area contributed by atoms with Gasteiger partial charge in [0.15, 0.2) is 0 Å². The number of hydrogen-bond donors (Lipinski definition) is 4. The van der Waals surface area contributed by atoms with Crippen molar-refractivity contribution in [3.63, 3.8) is 0 Å². The number of hydrogen-bond acceptors (Lipinski definition) is 4. The van der Waals surface area contributed by atoms with Gasteiger partial charge >= 0.3 is 23.9 Å². The van der Waals surface area contributed by atoms with Crippen LogP contribution in [0.15, 0.2) is 72.8 Å². The maximum Gasteiger partial charge on any atom is 0.335 e. The van der Waals surface area contributed by atoms with Crippen molar-refractivity contribution in [2.75, 3.05) is 0 Å². The van der Waals surface area contributed by atoms with Crippen molar-refractivity contribution in [1.82, 2.24) is 0 Å². The molecule has 4 N–H and O–H groups in total. The molecule has 8 nitrogen and oxygen atoms in total. The number of rotatable bonds is 6. The lowest BCUT2D eigenvalue weighted by Crippen LogP contribution is -2.03. The Balaban J connectivity index is 2.04. The predicted molar refractivity (Wildman–Crippen MR) is 123 cm³/mol. The number of carbonyl (C=O) groups is 4. The van der Waals surface area contributed by atoms with Crippen LogP contribution in [0.5, 0.6) is 0 Å². The quantitative estimate of drug-likeness (QED) is 0.318. The molecule has 0 radical (unpaired) electrons. The average Bonchev–Trinajstić information content (AvgIpc) is 2.82. The SMILES string of the molecule is O=C(O)c1cc(C(=O)O)cc(-c2cc(-c3cc(C(=O)O)cc(C(=O)O)c3)c3ccccc3c2)c1. The third-order valence-electron chi connectivity index (χ3n) is 5.36. The molecule has 0 heterocycles. The third-order valence-corrected chi connectivity index (χ3v) is 5.36. The second kappa shape index (κ2) is 8.51. The van der Waals surface area contributed by atoms with Gasteiger partial charge in [-0.25, -0.2) is 19.2 Å². The van der Waals surface area contributed by atoms with Crippen LogP contribution in [-0.2, 0) is 0 Å². The molecule has 0 amide bonds. The second-order valence-electron chi connectivity index (χ2n) is 7.56. The van der Waals surface area contributed by atoms with Crippen LogP contribution in [0.25, 0.3) is 33.0 Å². The first-order chi connectivity index (χ1) is 16.1. The zero-order chi connectivity index (χ0) is 24.6. The largest absolute Gasteiger partial charge is 0.478 e. The highest BCUT2D eigenvalue weighted by atomic mass is 16.4. The van der Waals surface area contributed by atoms with E-state index in [1.54, 1.807) is 36.4 Å². The lowest BCUT2D eigenvalue weighted by atomic mass is 9.90. The molecule has 34 heavy (non-hydrogen) atoms. The summed E-state index contributed by atoms with van der Waals surface area (Å²) in [5.41, 5.74) is 0.848. The van der Waals surface area contributed by atoms with Gasteiger partial charge in [-0.1, -0.05) is 24.3 Å². The highest BCUT2D eigenvalue weighted by molar-refractivity contribution is 6.04. The number of carboxylic acids is 4. The minimum Gasteiger partial charge on any atom is -0.478 e. The average molecular weight is 456 g/mol. The van der Waals surface area contributed by atoms with Crippen LogP contribution >= 0.6 is 0 Å². The summed E-state index contributed by atoms with van der Waals surface area (Å²) < 4.78 is 0. The number of fused-ring (bicyclic) bond motifs is 1. The third kappa shape index (κ3) is 4.20. The van der Waals surface area contributed by atoms with Crippen molar-refractivity contribution in [3.8, 4) is 22.3 Å². The van der Waals surface area contributed by atoms with Crippen LogP contribution in [0, 0.1) is 0 Å². The van der Waals surface area contributed by atoms with Crippen LogP contribution in [0.3, 0.4) is 0 Å². The van der Waals surface area contributed by atoms with Crippen molar-refractivity contribution < 1.29 is 39.6 Å². The van der Waals surface area contributed by atoms with Gasteiger partial charge in [0.1, 0.15) is 0 Å². The van der Waals surface area contributed by atoms with E-state index in [0.717, 1.165) is 12.1 Å². The van der Waals surface area contributed by atoms with Gasteiger partial charge in [0.25, 0.3) is 0 Å². The molecule has 0 saturated carbocycles. The van der Waals surface area contributed by atoms with Crippen molar-refractivity contribution in [3.05, 3.63) is 95.1 Å². The van der Waals surface area contributed by atoms with Crippen molar-refractivity contribution >= 4 is 34.6 Å². The van der Waals surface area contributed by atoms with E-state index in [1.807, 2.05) is 0 Å². The Hall–Kier alpha value is -4.98. The Morgan fingerprint density at radius 3 is 1.35 bits per heavy atom. The van der Waals surface area contributed by atoms with Crippen LogP contribution in [-0.4, -0.2) is 44.3 Å². The summed E-state index contributed by atoms with van der Waals surface area (Å²) in [5.74, 6) is -5.15. The lowest BCUT2D eigenvalue weighted by molar-refractivity contribution is 0.0676. The smallest absolute Gasteiger partial charge is 0.335 e. The monoisotopic (exact) mass is 456 g/mol. The summed E-state index contributed by atoms with van der Waals surface area (Å²) in [6.07, 6.45) is 0. The zero-order valence-corrected chi connectivity index (χ0v) is 17.4. The Bertz CT molecular complexity index is 1450. The molecule has 0 aromatic heterocycles. The first-order valence-corrected chi connectivity index (χ1v) is 9.91. The molecule has 0 unspecified atom stereocenters. The maximum absolute atomic E-state index is 11.6. The van der Waals surface area contributed by atoms with Crippen LogP contribution < -0.4 is 0 Å². The molecule has 0 bridgehead atoms. The molecule has 168 valence electrons. The molecule has 0 saturated heterocycles. The molecule has 4 aromatic rings. The van der Waals surface area contributed by atoms with Gasteiger partial charge in [0, 0.05) is 0 Å². The lowest BCUT2D eigenvalue weighted by Gasteiger charge is -2.13. The normalized spacial score (nSPS) is 10.7. The number of benzene rings is 4. The molecule has 0 aliphatic rings. The van der Waals surface area contributed by atoms with Crippen LogP contribution in [0.1, 0.15) is 41.4 Å². The Kier molecular flexibility index (Phi) is 5.56. The van der Waals surface area contributed by atoms with E-state index < -0.39 is 23.9 Å². The van der Waals surface area contributed by atoms with Crippen molar-refractivity contribution in [2.24, 2.45) is 0 Å². The molecule has 0 spiro atoms. The van der Waals surface area contributed by atoms with E-state index in [0.29, 0.717) is 33.0 Å². The van der Waals surface area contributed by atoms with Gasteiger partial charge in [-0.3, -0.25) is 0 Å². The van der Waals surface area contributed by atoms with Crippen LogP contribution in [0.2, 0.25) is 0 Å². The minimum atomic E-state index is -1.29. The first kappa shape index (κ1) is 22.2. The summed E-state index contributed by atoms with van der Waals surface area (Å²) >= 11 is 0. The highest BCUT2D eigenvalue weighted by Crippen LogP contribution is 2.36. The van der Waals surface area contributed by atoms with Gasteiger partial charge < -0.3 is 20.4 Å². The number of carboxylic acid groups (broad SMARTS) is 4. The summed E-state index contributed by atoms with van der Waals surface area (Å²) in [4.78, 5) is 46.3. The fourth-order valence-corrected chi connectivity index (χ4v) is 3.79. The molecule has 0 atom stereocenters. The summed E-state index contributed by atoms with van der Waals surface area (Å²) in [6.45, 7) is 0. The molecular weight excluding hydrogens is 440 g/mol.